The predicted octanol–water partition coefficient (Wildman–Crippen LogP) is 2.12. The molecule has 0 spiro atoms. The van der Waals surface area contributed by atoms with Crippen molar-refractivity contribution < 1.29 is 4.74 Å². The van der Waals surface area contributed by atoms with Gasteiger partial charge in [-0.2, -0.15) is 0 Å². The van der Waals surface area contributed by atoms with E-state index in [0.29, 0.717) is 6.04 Å². The first kappa shape index (κ1) is 8.57. The topological polar surface area (TPSA) is 21.3 Å². The number of nitrogens with one attached hydrogen (secondary N) is 1. The van der Waals surface area contributed by atoms with Gasteiger partial charge >= 0.3 is 0 Å². The minimum absolute atomic E-state index is 0.561. The van der Waals surface area contributed by atoms with Crippen LogP contribution in [0.25, 0.3) is 0 Å². The van der Waals surface area contributed by atoms with Crippen LogP contribution in [0.3, 0.4) is 0 Å². The molecule has 0 amide bonds. The van der Waals surface area contributed by atoms with Gasteiger partial charge in [-0.15, -0.1) is 0 Å². The third-order valence-corrected chi connectivity index (χ3v) is 2.58. The minimum atomic E-state index is 0.561. The first-order valence-corrected chi connectivity index (χ1v) is 4.77. The highest BCUT2D eigenvalue weighted by atomic mass is 16.5. The van der Waals surface area contributed by atoms with Crippen LogP contribution in [-0.2, 0) is 0 Å². The molecule has 1 aliphatic rings. The molecule has 0 radical (unpaired) electrons. The van der Waals surface area contributed by atoms with Crippen molar-refractivity contribution in [2.75, 3.05) is 13.7 Å². The summed E-state index contributed by atoms with van der Waals surface area (Å²) in [6.07, 6.45) is 2.54. The fourth-order valence-corrected chi connectivity index (χ4v) is 1.81. The summed E-state index contributed by atoms with van der Waals surface area (Å²) in [4.78, 5) is 0. The highest BCUT2D eigenvalue weighted by Crippen LogP contribution is 2.24. The van der Waals surface area contributed by atoms with Gasteiger partial charge in [0.15, 0.2) is 0 Å². The summed E-state index contributed by atoms with van der Waals surface area (Å²) in [6.45, 7) is 1.15. The molecule has 70 valence electrons. The second kappa shape index (κ2) is 3.79. The Hall–Kier alpha value is -1.02. The molecule has 1 atom stereocenters. The van der Waals surface area contributed by atoms with Crippen molar-refractivity contribution in [2.24, 2.45) is 0 Å². The fraction of sp³-hybridized carbons (Fsp3) is 0.455. The molecule has 1 aliphatic heterocycles. The van der Waals surface area contributed by atoms with E-state index in [9.17, 15) is 0 Å². The van der Waals surface area contributed by atoms with Gasteiger partial charge in [-0.05, 0) is 37.1 Å². The Morgan fingerprint density at radius 2 is 2.08 bits per heavy atom. The molecular formula is C11H15NO. The molecule has 13 heavy (non-hydrogen) atoms. The average Bonchev–Trinajstić information content (AvgIpc) is 2.71. The number of hydrogen-bond acceptors (Lipinski definition) is 2. The van der Waals surface area contributed by atoms with Gasteiger partial charge in [0.25, 0.3) is 0 Å². The van der Waals surface area contributed by atoms with Crippen molar-refractivity contribution >= 4 is 0 Å². The quantitative estimate of drug-likeness (QED) is 0.747. The van der Waals surface area contributed by atoms with Crippen molar-refractivity contribution in [1.82, 2.24) is 5.32 Å². The number of rotatable bonds is 2. The number of hydrogen-bond donors (Lipinski definition) is 1. The van der Waals surface area contributed by atoms with Crippen LogP contribution in [0.4, 0.5) is 0 Å². The molecule has 0 unspecified atom stereocenters. The van der Waals surface area contributed by atoms with E-state index in [4.69, 9.17) is 4.74 Å². The average molecular weight is 177 g/mol. The summed E-state index contributed by atoms with van der Waals surface area (Å²) in [6, 6.07) is 8.89. The molecule has 1 N–H and O–H groups in total. The van der Waals surface area contributed by atoms with Crippen molar-refractivity contribution in [1.29, 1.82) is 0 Å². The Morgan fingerprint density at radius 1 is 1.31 bits per heavy atom. The van der Waals surface area contributed by atoms with E-state index in [0.717, 1.165) is 12.3 Å². The van der Waals surface area contributed by atoms with Crippen LogP contribution in [0.1, 0.15) is 24.4 Å². The van der Waals surface area contributed by atoms with E-state index in [1.807, 2.05) is 12.1 Å². The van der Waals surface area contributed by atoms with Gasteiger partial charge in [-0.25, -0.2) is 0 Å². The highest BCUT2D eigenvalue weighted by molar-refractivity contribution is 5.29. The van der Waals surface area contributed by atoms with Gasteiger partial charge in [0.1, 0.15) is 5.75 Å². The van der Waals surface area contributed by atoms with Crippen molar-refractivity contribution in [3.05, 3.63) is 29.8 Å². The van der Waals surface area contributed by atoms with Crippen LogP contribution in [0.2, 0.25) is 0 Å². The van der Waals surface area contributed by atoms with Crippen molar-refractivity contribution in [2.45, 2.75) is 18.9 Å². The van der Waals surface area contributed by atoms with E-state index in [-0.39, 0.29) is 0 Å². The normalized spacial score (nSPS) is 21.8. The number of ether oxygens (including phenoxy) is 1. The van der Waals surface area contributed by atoms with Crippen LogP contribution in [0.5, 0.6) is 5.75 Å². The van der Waals surface area contributed by atoms with Crippen LogP contribution in [-0.4, -0.2) is 13.7 Å². The zero-order chi connectivity index (χ0) is 9.10. The SMILES string of the molecule is COc1ccc([C@H]2CCCN2)cc1. The highest BCUT2D eigenvalue weighted by Gasteiger charge is 2.15. The van der Waals surface area contributed by atoms with E-state index in [1.165, 1.54) is 18.4 Å². The molecule has 1 saturated heterocycles. The molecule has 0 saturated carbocycles. The van der Waals surface area contributed by atoms with Gasteiger partial charge in [0, 0.05) is 6.04 Å². The van der Waals surface area contributed by atoms with Crippen LogP contribution in [0.15, 0.2) is 24.3 Å². The molecule has 1 fully saturated rings. The van der Waals surface area contributed by atoms with Gasteiger partial charge < -0.3 is 10.1 Å². The molecule has 0 aromatic heterocycles. The Bertz CT molecular complexity index is 262. The van der Waals surface area contributed by atoms with Gasteiger partial charge in [-0.1, -0.05) is 12.1 Å². The number of methoxy groups -OCH3 is 1. The molecule has 1 aromatic carbocycles. The van der Waals surface area contributed by atoms with Crippen LogP contribution >= 0.6 is 0 Å². The Morgan fingerprint density at radius 3 is 2.62 bits per heavy atom. The second-order valence-corrected chi connectivity index (χ2v) is 3.42. The third kappa shape index (κ3) is 1.83. The van der Waals surface area contributed by atoms with Gasteiger partial charge in [-0.3, -0.25) is 0 Å². The van der Waals surface area contributed by atoms with E-state index >= 15 is 0 Å². The monoisotopic (exact) mass is 177 g/mol. The maximum absolute atomic E-state index is 5.11. The van der Waals surface area contributed by atoms with Crippen molar-refractivity contribution in [3.8, 4) is 5.75 Å². The zero-order valence-corrected chi connectivity index (χ0v) is 7.92. The smallest absolute Gasteiger partial charge is 0.118 e. The van der Waals surface area contributed by atoms with Crippen LogP contribution < -0.4 is 10.1 Å². The first-order valence-electron chi connectivity index (χ1n) is 4.77. The molecule has 2 nitrogen and oxygen atoms in total. The maximum atomic E-state index is 5.11. The lowest BCUT2D eigenvalue weighted by atomic mass is 10.1. The zero-order valence-electron chi connectivity index (χ0n) is 7.92. The number of benzene rings is 1. The largest absolute Gasteiger partial charge is 0.497 e. The first-order chi connectivity index (χ1) is 6.40. The summed E-state index contributed by atoms with van der Waals surface area (Å²) in [5.74, 6) is 0.932. The minimum Gasteiger partial charge on any atom is -0.497 e. The molecule has 0 aliphatic carbocycles. The van der Waals surface area contributed by atoms with E-state index < -0.39 is 0 Å². The fourth-order valence-electron chi connectivity index (χ4n) is 1.81. The van der Waals surface area contributed by atoms with E-state index in [2.05, 4.69) is 17.4 Å². The Balaban J connectivity index is 2.12. The third-order valence-electron chi connectivity index (χ3n) is 2.58. The summed E-state index contributed by atoms with van der Waals surface area (Å²) in [7, 11) is 1.70. The lowest BCUT2D eigenvalue weighted by Crippen LogP contribution is -2.12. The maximum Gasteiger partial charge on any atom is 0.118 e. The summed E-state index contributed by atoms with van der Waals surface area (Å²) in [5.41, 5.74) is 1.37. The van der Waals surface area contributed by atoms with E-state index in [1.54, 1.807) is 7.11 Å². The molecule has 2 heteroatoms. The lowest BCUT2D eigenvalue weighted by Gasteiger charge is -2.10. The summed E-state index contributed by atoms with van der Waals surface area (Å²) in [5, 5.41) is 3.47. The molecule has 0 bridgehead atoms. The predicted molar refractivity (Wildman–Crippen MR) is 53.0 cm³/mol. The Labute approximate surface area is 78.9 Å². The molecule has 2 rings (SSSR count). The molecule has 1 heterocycles. The van der Waals surface area contributed by atoms with Gasteiger partial charge in [0.2, 0.25) is 0 Å². The van der Waals surface area contributed by atoms with Crippen molar-refractivity contribution in [3.63, 3.8) is 0 Å². The summed E-state index contributed by atoms with van der Waals surface area (Å²) >= 11 is 0. The lowest BCUT2D eigenvalue weighted by molar-refractivity contribution is 0.414. The second-order valence-electron chi connectivity index (χ2n) is 3.42. The standard InChI is InChI=1S/C11H15NO/c1-13-10-6-4-9(5-7-10)11-3-2-8-12-11/h4-7,11-12H,2-3,8H2,1H3/t11-/m1/s1. The molecule has 1 aromatic rings. The Kier molecular flexibility index (Phi) is 2.50. The summed E-state index contributed by atoms with van der Waals surface area (Å²) < 4.78 is 5.11. The van der Waals surface area contributed by atoms with Crippen LogP contribution in [0, 0.1) is 0 Å². The van der Waals surface area contributed by atoms with Gasteiger partial charge in [0.05, 0.1) is 7.11 Å². The molecular weight excluding hydrogens is 162 g/mol.